The number of carbonyl (C=O) groups excluding carboxylic acids is 1. The van der Waals surface area contributed by atoms with Crippen molar-refractivity contribution < 1.29 is 9.53 Å². The molecule has 0 aliphatic carbocycles. The van der Waals surface area contributed by atoms with E-state index in [9.17, 15) is 4.79 Å². The van der Waals surface area contributed by atoms with Gasteiger partial charge in [-0.2, -0.15) is 5.26 Å². The standard InChI is InChI=1S/C13H14N2O2S/c1-9-4-6-10(7-5-9)15-12(18-3)11(8-14)13(16)17-2/h4-7,15H,1-3H3/b12-11+. The number of nitrogens with one attached hydrogen (secondary N) is 1. The highest BCUT2D eigenvalue weighted by Gasteiger charge is 2.15. The molecule has 0 aromatic heterocycles. The van der Waals surface area contributed by atoms with Crippen molar-refractivity contribution in [2.24, 2.45) is 0 Å². The lowest BCUT2D eigenvalue weighted by atomic mass is 10.2. The number of thioether (sulfide) groups is 1. The number of hydrogen-bond donors (Lipinski definition) is 1. The Labute approximate surface area is 111 Å². The zero-order valence-corrected chi connectivity index (χ0v) is 11.3. The number of nitriles is 1. The minimum atomic E-state index is -0.638. The lowest BCUT2D eigenvalue weighted by Gasteiger charge is -2.10. The molecule has 1 rings (SSSR count). The second-order valence-electron chi connectivity index (χ2n) is 3.50. The van der Waals surface area contributed by atoms with Crippen molar-refractivity contribution in [3.8, 4) is 6.07 Å². The molecule has 0 radical (unpaired) electrons. The van der Waals surface area contributed by atoms with Crippen LogP contribution in [-0.4, -0.2) is 19.3 Å². The Bertz CT molecular complexity index is 501. The Morgan fingerprint density at radius 2 is 2.00 bits per heavy atom. The Kier molecular flexibility index (Phi) is 5.28. The second kappa shape index (κ2) is 6.72. The van der Waals surface area contributed by atoms with E-state index in [-0.39, 0.29) is 5.57 Å². The van der Waals surface area contributed by atoms with Crippen LogP contribution in [0, 0.1) is 18.3 Å². The van der Waals surface area contributed by atoms with E-state index in [1.807, 2.05) is 37.3 Å². The summed E-state index contributed by atoms with van der Waals surface area (Å²) in [5, 5.41) is 12.5. The zero-order chi connectivity index (χ0) is 13.5. The van der Waals surface area contributed by atoms with Crippen LogP contribution >= 0.6 is 11.8 Å². The molecule has 18 heavy (non-hydrogen) atoms. The number of rotatable bonds is 4. The van der Waals surface area contributed by atoms with Gasteiger partial charge >= 0.3 is 5.97 Å². The topological polar surface area (TPSA) is 62.1 Å². The number of carbonyl (C=O) groups is 1. The van der Waals surface area contributed by atoms with E-state index in [0.717, 1.165) is 11.3 Å². The molecular weight excluding hydrogens is 248 g/mol. The molecule has 1 N–H and O–H groups in total. The summed E-state index contributed by atoms with van der Waals surface area (Å²) in [6, 6.07) is 9.53. The number of methoxy groups -OCH3 is 1. The van der Waals surface area contributed by atoms with Gasteiger partial charge in [0.05, 0.1) is 12.1 Å². The van der Waals surface area contributed by atoms with Crippen molar-refractivity contribution in [2.45, 2.75) is 6.92 Å². The molecule has 0 aliphatic rings. The molecular formula is C13H14N2O2S. The molecule has 4 nitrogen and oxygen atoms in total. The van der Waals surface area contributed by atoms with Crippen molar-refractivity contribution in [3.63, 3.8) is 0 Å². The first-order chi connectivity index (χ1) is 8.62. The molecule has 0 spiro atoms. The monoisotopic (exact) mass is 262 g/mol. The normalized spacial score (nSPS) is 11.2. The Balaban J connectivity index is 3.03. The number of benzene rings is 1. The SMILES string of the molecule is COC(=O)/C(C#N)=C(\Nc1ccc(C)cc1)SC. The fourth-order valence-corrected chi connectivity index (χ4v) is 1.83. The minimum absolute atomic E-state index is 0.0226. The first-order valence-electron chi connectivity index (χ1n) is 5.22. The van der Waals surface area contributed by atoms with Crippen LogP contribution in [0.1, 0.15) is 5.56 Å². The fraction of sp³-hybridized carbons (Fsp3) is 0.231. The van der Waals surface area contributed by atoms with E-state index in [4.69, 9.17) is 5.26 Å². The molecule has 1 aromatic carbocycles. The number of nitrogens with zero attached hydrogens (tertiary/aromatic N) is 1. The highest BCUT2D eigenvalue weighted by Crippen LogP contribution is 2.21. The van der Waals surface area contributed by atoms with Crippen LogP contribution in [0.25, 0.3) is 0 Å². The highest BCUT2D eigenvalue weighted by atomic mass is 32.2. The molecule has 0 saturated heterocycles. The third kappa shape index (κ3) is 3.54. The molecule has 1 aromatic rings. The van der Waals surface area contributed by atoms with E-state index in [0.29, 0.717) is 5.03 Å². The summed E-state index contributed by atoms with van der Waals surface area (Å²) < 4.78 is 4.57. The number of ether oxygens (including phenoxy) is 1. The Hall–Kier alpha value is -1.93. The van der Waals surface area contributed by atoms with Crippen molar-refractivity contribution in [2.75, 3.05) is 18.7 Å². The number of aryl methyl sites for hydroxylation is 1. The van der Waals surface area contributed by atoms with Crippen molar-refractivity contribution in [1.29, 1.82) is 5.26 Å². The summed E-state index contributed by atoms with van der Waals surface area (Å²) in [6.07, 6.45) is 1.79. The molecule has 0 bridgehead atoms. The quantitative estimate of drug-likeness (QED) is 0.513. The average molecular weight is 262 g/mol. The zero-order valence-electron chi connectivity index (χ0n) is 10.5. The van der Waals surface area contributed by atoms with Crippen molar-refractivity contribution in [3.05, 3.63) is 40.4 Å². The Morgan fingerprint density at radius 1 is 1.39 bits per heavy atom. The van der Waals surface area contributed by atoms with Gasteiger partial charge in [-0.1, -0.05) is 17.7 Å². The maximum Gasteiger partial charge on any atom is 0.351 e. The second-order valence-corrected chi connectivity index (χ2v) is 4.32. The van der Waals surface area contributed by atoms with Crippen LogP contribution in [0.5, 0.6) is 0 Å². The Morgan fingerprint density at radius 3 is 2.44 bits per heavy atom. The van der Waals surface area contributed by atoms with Crippen LogP contribution in [0.3, 0.4) is 0 Å². The van der Waals surface area contributed by atoms with E-state index in [1.165, 1.54) is 18.9 Å². The van der Waals surface area contributed by atoms with Gasteiger partial charge in [0.25, 0.3) is 0 Å². The molecule has 0 heterocycles. The maximum atomic E-state index is 11.4. The van der Waals surface area contributed by atoms with Gasteiger partial charge in [-0.05, 0) is 25.3 Å². The summed E-state index contributed by atoms with van der Waals surface area (Å²) in [5.74, 6) is -0.638. The predicted octanol–water partition coefficient (Wildman–Crippen LogP) is 2.68. The summed E-state index contributed by atoms with van der Waals surface area (Å²) in [6.45, 7) is 1.99. The minimum Gasteiger partial charge on any atom is -0.465 e. The summed E-state index contributed by atoms with van der Waals surface area (Å²) in [7, 11) is 1.25. The average Bonchev–Trinajstić information content (AvgIpc) is 2.40. The summed E-state index contributed by atoms with van der Waals surface area (Å²) in [4.78, 5) is 11.4. The van der Waals surface area contributed by atoms with Crippen LogP contribution in [0.2, 0.25) is 0 Å². The summed E-state index contributed by atoms with van der Waals surface area (Å²) in [5.41, 5.74) is 1.94. The van der Waals surface area contributed by atoms with Crippen LogP contribution in [0.4, 0.5) is 5.69 Å². The first kappa shape index (κ1) is 14.1. The number of hydrogen-bond acceptors (Lipinski definition) is 5. The largest absolute Gasteiger partial charge is 0.465 e. The molecule has 94 valence electrons. The number of anilines is 1. The highest BCUT2D eigenvalue weighted by molar-refractivity contribution is 8.02. The third-order valence-corrected chi connectivity index (χ3v) is 2.96. The lowest BCUT2D eigenvalue weighted by molar-refractivity contribution is -0.135. The fourth-order valence-electron chi connectivity index (χ4n) is 1.27. The smallest absolute Gasteiger partial charge is 0.351 e. The van der Waals surface area contributed by atoms with Gasteiger partial charge in [0.1, 0.15) is 6.07 Å². The van der Waals surface area contributed by atoms with Crippen LogP contribution in [-0.2, 0) is 9.53 Å². The maximum absolute atomic E-state index is 11.4. The molecule has 5 heteroatoms. The molecule has 0 atom stereocenters. The van der Waals surface area contributed by atoms with E-state index in [2.05, 4.69) is 10.1 Å². The van der Waals surface area contributed by atoms with Gasteiger partial charge in [0, 0.05) is 5.69 Å². The number of esters is 1. The van der Waals surface area contributed by atoms with Crippen molar-refractivity contribution in [1.82, 2.24) is 0 Å². The van der Waals surface area contributed by atoms with E-state index in [1.54, 1.807) is 6.26 Å². The van der Waals surface area contributed by atoms with Gasteiger partial charge in [0.2, 0.25) is 0 Å². The van der Waals surface area contributed by atoms with E-state index < -0.39 is 5.97 Å². The van der Waals surface area contributed by atoms with Crippen molar-refractivity contribution >= 4 is 23.4 Å². The van der Waals surface area contributed by atoms with Gasteiger partial charge < -0.3 is 10.1 Å². The van der Waals surface area contributed by atoms with Gasteiger partial charge in [-0.25, -0.2) is 4.79 Å². The molecule has 0 unspecified atom stereocenters. The lowest BCUT2D eigenvalue weighted by Crippen LogP contribution is -2.09. The molecule has 0 aliphatic heterocycles. The van der Waals surface area contributed by atoms with E-state index >= 15 is 0 Å². The molecule has 0 fully saturated rings. The predicted molar refractivity (Wildman–Crippen MR) is 73.0 cm³/mol. The molecule has 0 amide bonds. The van der Waals surface area contributed by atoms with Crippen LogP contribution < -0.4 is 5.32 Å². The van der Waals surface area contributed by atoms with Gasteiger partial charge in [-0.15, -0.1) is 11.8 Å². The van der Waals surface area contributed by atoms with Gasteiger partial charge in [-0.3, -0.25) is 0 Å². The third-order valence-electron chi connectivity index (χ3n) is 2.24. The first-order valence-corrected chi connectivity index (χ1v) is 6.45. The van der Waals surface area contributed by atoms with Gasteiger partial charge in [0.15, 0.2) is 5.57 Å². The molecule has 0 saturated carbocycles. The van der Waals surface area contributed by atoms with Crippen LogP contribution in [0.15, 0.2) is 34.9 Å². The summed E-state index contributed by atoms with van der Waals surface area (Å²) >= 11 is 1.29.